The van der Waals surface area contributed by atoms with Crippen molar-refractivity contribution in [2.75, 3.05) is 7.11 Å². The van der Waals surface area contributed by atoms with Crippen LogP contribution >= 0.6 is 8.58 Å². The number of methoxy groups -OCH3 is 1. The molecule has 0 N–H and O–H groups in total. The molecule has 0 saturated carbocycles. The molecule has 2 aromatic rings. The largest absolute Gasteiger partial charge is 0.465 e. The number of carbonyl (C=O) groups excluding carboxylic acids is 1. The molecule has 0 aliphatic heterocycles. The standard InChI is InChI=1S/C19H23O3P/c1-12-7-6-8-13(2)18(12)19(20)23-17-10-9-16(11-14(17)3)22-15(4)21-5/h6-11,15,23H,1-5H3. The minimum absolute atomic E-state index is 0.114. The molecule has 3 nitrogen and oxygen atoms in total. The molecular weight excluding hydrogens is 307 g/mol. The maximum atomic E-state index is 12.7. The molecule has 0 amide bonds. The second-order valence-electron chi connectivity index (χ2n) is 5.62. The lowest BCUT2D eigenvalue weighted by molar-refractivity contribution is -0.0382. The van der Waals surface area contributed by atoms with Gasteiger partial charge in [-0.15, -0.1) is 0 Å². The predicted octanol–water partition coefficient (Wildman–Crippen LogP) is 4.13. The fourth-order valence-electron chi connectivity index (χ4n) is 2.45. The fraction of sp³-hybridized carbons (Fsp3) is 0.316. The van der Waals surface area contributed by atoms with E-state index < -0.39 is 0 Å². The molecule has 0 fully saturated rings. The van der Waals surface area contributed by atoms with Crippen LogP contribution in [0.4, 0.5) is 0 Å². The van der Waals surface area contributed by atoms with Crippen LogP contribution in [0.15, 0.2) is 36.4 Å². The van der Waals surface area contributed by atoms with Gasteiger partial charge in [-0.05, 0) is 70.4 Å². The van der Waals surface area contributed by atoms with Crippen LogP contribution in [-0.4, -0.2) is 18.9 Å². The van der Waals surface area contributed by atoms with E-state index in [1.165, 1.54) is 0 Å². The molecule has 0 aromatic heterocycles. The number of carbonyl (C=O) groups is 1. The van der Waals surface area contributed by atoms with Crippen molar-refractivity contribution in [1.82, 2.24) is 0 Å². The topological polar surface area (TPSA) is 35.5 Å². The highest BCUT2D eigenvalue weighted by atomic mass is 31.1. The van der Waals surface area contributed by atoms with Crippen molar-refractivity contribution >= 4 is 19.4 Å². The Hall–Kier alpha value is -1.70. The third-order valence-corrected chi connectivity index (χ3v) is 5.10. The normalized spacial score (nSPS) is 12.6. The minimum Gasteiger partial charge on any atom is -0.465 e. The second kappa shape index (κ2) is 7.72. The Morgan fingerprint density at radius 2 is 1.70 bits per heavy atom. The lowest BCUT2D eigenvalue weighted by atomic mass is 10.0. The van der Waals surface area contributed by atoms with Gasteiger partial charge in [-0.1, -0.05) is 24.3 Å². The summed E-state index contributed by atoms with van der Waals surface area (Å²) < 4.78 is 10.7. The molecule has 23 heavy (non-hydrogen) atoms. The van der Waals surface area contributed by atoms with Gasteiger partial charge < -0.3 is 9.47 Å². The number of aryl methyl sites for hydroxylation is 3. The van der Waals surface area contributed by atoms with E-state index in [-0.39, 0.29) is 20.4 Å². The summed E-state index contributed by atoms with van der Waals surface area (Å²) in [5, 5.41) is 1.05. The predicted molar refractivity (Wildman–Crippen MR) is 96.5 cm³/mol. The second-order valence-corrected chi connectivity index (χ2v) is 6.86. The van der Waals surface area contributed by atoms with Crippen molar-refractivity contribution in [1.29, 1.82) is 0 Å². The van der Waals surface area contributed by atoms with Gasteiger partial charge in [0.15, 0.2) is 11.8 Å². The van der Waals surface area contributed by atoms with E-state index in [9.17, 15) is 4.79 Å². The molecule has 0 radical (unpaired) electrons. The van der Waals surface area contributed by atoms with Gasteiger partial charge in [0.05, 0.1) is 0 Å². The highest BCUT2D eigenvalue weighted by Crippen LogP contribution is 2.26. The first-order valence-corrected chi connectivity index (χ1v) is 8.60. The van der Waals surface area contributed by atoms with E-state index in [1.807, 2.05) is 64.1 Å². The van der Waals surface area contributed by atoms with Crippen LogP contribution in [0.2, 0.25) is 0 Å². The maximum absolute atomic E-state index is 12.7. The first-order valence-electron chi connectivity index (χ1n) is 7.60. The van der Waals surface area contributed by atoms with Gasteiger partial charge in [0.25, 0.3) is 0 Å². The summed E-state index contributed by atoms with van der Waals surface area (Å²) in [4.78, 5) is 12.7. The van der Waals surface area contributed by atoms with Crippen LogP contribution in [0.25, 0.3) is 0 Å². The Morgan fingerprint density at radius 1 is 1.04 bits per heavy atom. The molecule has 122 valence electrons. The molecule has 0 saturated heterocycles. The third kappa shape index (κ3) is 4.40. The van der Waals surface area contributed by atoms with E-state index in [4.69, 9.17) is 9.47 Å². The third-order valence-electron chi connectivity index (χ3n) is 3.79. The highest BCUT2D eigenvalue weighted by molar-refractivity contribution is 7.66. The van der Waals surface area contributed by atoms with Gasteiger partial charge in [0, 0.05) is 12.7 Å². The highest BCUT2D eigenvalue weighted by Gasteiger charge is 2.14. The maximum Gasteiger partial charge on any atom is 0.196 e. The molecule has 2 aromatic carbocycles. The molecule has 2 rings (SSSR count). The number of hydrogen-bond acceptors (Lipinski definition) is 3. The van der Waals surface area contributed by atoms with Gasteiger partial charge in [-0.3, -0.25) is 4.79 Å². The summed E-state index contributed by atoms with van der Waals surface area (Å²) in [5.41, 5.74) is 4.16. The molecule has 0 aliphatic carbocycles. The van der Waals surface area contributed by atoms with Crippen LogP contribution in [0.5, 0.6) is 5.75 Å². The van der Waals surface area contributed by atoms with Crippen LogP contribution in [0, 0.1) is 20.8 Å². The van der Waals surface area contributed by atoms with E-state index in [1.54, 1.807) is 7.11 Å². The molecular formula is C19H23O3P. The SMILES string of the molecule is COC(C)Oc1ccc(PC(=O)c2c(C)cccc2C)c(C)c1. The molecule has 0 aliphatic rings. The smallest absolute Gasteiger partial charge is 0.196 e. The van der Waals surface area contributed by atoms with Gasteiger partial charge in [0.2, 0.25) is 0 Å². The van der Waals surface area contributed by atoms with Crippen LogP contribution in [0.3, 0.4) is 0 Å². The van der Waals surface area contributed by atoms with E-state index in [0.29, 0.717) is 0 Å². The number of ether oxygens (including phenoxy) is 2. The van der Waals surface area contributed by atoms with Crippen molar-refractivity contribution < 1.29 is 14.3 Å². The lowest BCUT2D eigenvalue weighted by Crippen LogP contribution is -2.14. The van der Waals surface area contributed by atoms with E-state index in [0.717, 1.165) is 33.3 Å². The summed E-state index contributed by atoms with van der Waals surface area (Å²) in [6.07, 6.45) is -0.293. The first kappa shape index (κ1) is 17.7. The summed E-state index contributed by atoms with van der Waals surface area (Å²) in [6.45, 7) is 7.82. The monoisotopic (exact) mass is 330 g/mol. The number of rotatable bonds is 6. The van der Waals surface area contributed by atoms with Gasteiger partial charge >= 0.3 is 0 Å². The quantitative estimate of drug-likeness (QED) is 0.590. The average Bonchev–Trinajstić information content (AvgIpc) is 2.49. The lowest BCUT2D eigenvalue weighted by Gasteiger charge is -2.15. The number of hydrogen-bond donors (Lipinski definition) is 0. The summed E-state index contributed by atoms with van der Waals surface area (Å²) in [7, 11) is 1.72. The van der Waals surface area contributed by atoms with Crippen molar-refractivity contribution in [2.45, 2.75) is 34.0 Å². The Morgan fingerprint density at radius 3 is 2.26 bits per heavy atom. The van der Waals surface area contributed by atoms with E-state index >= 15 is 0 Å². The minimum atomic E-state index is -0.293. The Labute approximate surface area is 139 Å². The van der Waals surface area contributed by atoms with Crippen molar-refractivity contribution in [2.24, 2.45) is 0 Å². The summed E-state index contributed by atoms with van der Waals surface area (Å²) in [6, 6.07) is 11.8. The van der Waals surface area contributed by atoms with Crippen molar-refractivity contribution in [3.05, 3.63) is 58.7 Å². The fourth-order valence-corrected chi connectivity index (χ4v) is 3.65. The van der Waals surface area contributed by atoms with Gasteiger partial charge in [-0.25, -0.2) is 0 Å². The zero-order chi connectivity index (χ0) is 17.0. The van der Waals surface area contributed by atoms with Gasteiger partial charge in [-0.2, -0.15) is 0 Å². The Bertz CT molecular complexity index is 690. The number of benzene rings is 2. The molecule has 0 heterocycles. The Balaban J connectivity index is 2.19. The molecule has 0 spiro atoms. The molecule has 2 atom stereocenters. The summed E-state index contributed by atoms with van der Waals surface area (Å²) in [5.74, 6) is 0.755. The summed E-state index contributed by atoms with van der Waals surface area (Å²) >= 11 is 0. The molecule has 4 heteroatoms. The first-order chi connectivity index (χ1) is 10.9. The average molecular weight is 330 g/mol. The van der Waals surface area contributed by atoms with Gasteiger partial charge in [0.1, 0.15) is 5.75 Å². The van der Waals surface area contributed by atoms with Crippen LogP contribution < -0.4 is 10.0 Å². The zero-order valence-corrected chi connectivity index (χ0v) is 15.3. The van der Waals surface area contributed by atoms with E-state index in [2.05, 4.69) is 0 Å². The van der Waals surface area contributed by atoms with Crippen molar-refractivity contribution in [3.8, 4) is 5.75 Å². The molecule has 2 unspecified atom stereocenters. The van der Waals surface area contributed by atoms with Crippen LogP contribution in [-0.2, 0) is 4.74 Å². The van der Waals surface area contributed by atoms with Crippen molar-refractivity contribution in [3.63, 3.8) is 0 Å². The Kier molecular flexibility index (Phi) is 5.92. The molecule has 0 bridgehead atoms. The zero-order valence-electron chi connectivity index (χ0n) is 14.3. The van der Waals surface area contributed by atoms with Crippen LogP contribution in [0.1, 0.15) is 34.0 Å².